The molecule has 0 N–H and O–H groups in total. The molecule has 10 heavy (non-hydrogen) atoms. The zero-order valence-electron chi connectivity index (χ0n) is 6.68. The molecule has 0 aliphatic heterocycles. The van der Waals surface area contributed by atoms with E-state index in [4.69, 9.17) is 0 Å². The molecule has 0 amide bonds. The van der Waals surface area contributed by atoms with E-state index in [0.717, 1.165) is 5.71 Å². The number of hydrogen-bond donors (Lipinski definition) is 0. The van der Waals surface area contributed by atoms with Crippen molar-refractivity contribution in [1.29, 1.82) is 0 Å². The summed E-state index contributed by atoms with van der Waals surface area (Å²) in [5.74, 6) is -0.178. The van der Waals surface area contributed by atoms with Gasteiger partial charge >= 0.3 is 5.97 Å². The van der Waals surface area contributed by atoms with Crippen molar-refractivity contribution in [3.8, 4) is 0 Å². The molecule has 0 radical (unpaired) electrons. The fourth-order valence-corrected chi connectivity index (χ4v) is 0.497. The highest BCUT2D eigenvalue weighted by atomic mass is 16.5. The molecule has 0 aliphatic rings. The van der Waals surface area contributed by atoms with Gasteiger partial charge < -0.3 is 4.74 Å². The largest absolute Gasteiger partial charge is 0.469 e. The summed E-state index contributed by atoms with van der Waals surface area (Å²) in [4.78, 5) is 14.5. The second-order valence-corrected chi connectivity index (χ2v) is 2.04. The minimum absolute atomic E-state index is 0.178. The van der Waals surface area contributed by atoms with E-state index in [9.17, 15) is 4.79 Å². The third-order valence-electron chi connectivity index (χ3n) is 1.30. The predicted molar refractivity (Wildman–Crippen MR) is 40.3 cm³/mol. The lowest BCUT2D eigenvalue weighted by Gasteiger charge is -1.97. The van der Waals surface area contributed by atoms with E-state index in [0.29, 0.717) is 12.8 Å². The first-order valence-corrected chi connectivity index (χ1v) is 3.19. The van der Waals surface area contributed by atoms with Gasteiger partial charge in [-0.2, -0.15) is 0 Å². The molecule has 0 aromatic carbocycles. The second kappa shape index (κ2) is 4.97. The van der Waals surface area contributed by atoms with Crippen LogP contribution < -0.4 is 0 Å². The summed E-state index contributed by atoms with van der Waals surface area (Å²) < 4.78 is 4.45. The maximum atomic E-state index is 10.6. The third-order valence-corrected chi connectivity index (χ3v) is 1.30. The van der Waals surface area contributed by atoms with Crippen molar-refractivity contribution >= 4 is 11.7 Å². The molecule has 0 rings (SSSR count). The first kappa shape index (κ1) is 9.14. The van der Waals surface area contributed by atoms with Crippen LogP contribution in [0.15, 0.2) is 4.99 Å². The standard InChI is InChI=1S/C7H13NO2/c1-6(8-2)4-5-7(9)10-3/h4-5H2,1-3H3. The molecule has 0 aromatic heterocycles. The topological polar surface area (TPSA) is 38.7 Å². The van der Waals surface area contributed by atoms with E-state index >= 15 is 0 Å². The van der Waals surface area contributed by atoms with Crippen LogP contribution >= 0.6 is 0 Å². The van der Waals surface area contributed by atoms with Crippen molar-refractivity contribution in [3.05, 3.63) is 0 Å². The van der Waals surface area contributed by atoms with E-state index < -0.39 is 0 Å². The van der Waals surface area contributed by atoms with Crippen molar-refractivity contribution < 1.29 is 9.53 Å². The molecule has 0 spiro atoms. The molecule has 0 heterocycles. The number of nitrogens with zero attached hydrogens (tertiary/aromatic N) is 1. The summed E-state index contributed by atoms with van der Waals surface area (Å²) in [6.45, 7) is 1.89. The lowest BCUT2D eigenvalue weighted by atomic mass is 10.2. The Bertz CT molecular complexity index is 141. The van der Waals surface area contributed by atoms with Gasteiger partial charge in [0.1, 0.15) is 0 Å². The number of hydrogen-bond acceptors (Lipinski definition) is 3. The number of rotatable bonds is 3. The van der Waals surface area contributed by atoms with Crippen LogP contribution in [0, 0.1) is 0 Å². The van der Waals surface area contributed by atoms with Crippen LogP contribution in [0.4, 0.5) is 0 Å². The van der Waals surface area contributed by atoms with Crippen LogP contribution in [0.2, 0.25) is 0 Å². The molecule has 3 heteroatoms. The summed E-state index contributed by atoms with van der Waals surface area (Å²) in [5.41, 5.74) is 0.977. The molecule has 0 aliphatic carbocycles. The summed E-state index contributed by atoms with van der Waals surface area (Å²) in [6.07, 6.45) is 1.13. The Morgan fingerprint density at radius 1 is 1.50 bits per heavy atom. The Morgan fingerprint density at radius 3 is 2.50 bits per heavy atom. The molecule has 0 aromatic rings. The number of ether oxygens (including phenoxy) is 1. The summed E-state index contributed by atoms with van der Waals surface area (Å²) in [7, 11) is 3.10. The van der Waals surface area contributed by atoms with E-state index in [1.54, 1.807) is 7.05 Å². The third kappa shape index (κ3) is 4.06. The quantitative estimate of drug-likeness (QED) is 0.437. The monoisotopic (exact) mass is 143 g/mol. The summed E-state index contributed by atoms with van der Waals surface area (Å²) in [6, 6.07) is 0. The fourth-order valence-electron chi connectivity index (χ4n) is 0.497. The van der Waals surface area contributed by atoms with Crippen LogP contribution in [0.3, 0.4) is 0 Å². The average molecular weight is 143 g/mol. The van der Waals surface area contributed by atoms with Gasteiger partial charge in [-0.15, -0.1) is 0 Å². The number of methoxy groups -OCH3 is 1. The second-order valence-electron chi connectivity index (χ2n) is 2.04. The Hall–Kier alpha value is -0.860. The lowest BCUT2D eigenvalue weighted by molar-refractivity contribution is -0.140. The molecular weight excluding hydrogens is 130 g/mol. The van der Waals surface area contributed by atoms with E-state index in [1.807, 2.05) is 6.92 Å². The van der Waals surface area contributed by atoms with Crippen molar-refractivity contribution in [2.45, 2.75) is 19.8 Å². The highest BCUT2D eigenvalue weighted by molar-refractivity contribution is 5.85. The Balaban J connectivity index is 3.45. The Kier molecular flexibility index (Phi) is 4.54. The van der Waals surface area contributed by atoms with Gasteiger partial charge in [0.25, 0.3) is 0 Å². The van der Waals surface area contributed by atoms with Crippen molar-refractivity contribution in [1.82, 2.24) is 0 Å². The smallest absolute Gasteiger partial charge is 0.305 e. The Morgan fingerprint density at radius 2 is 2.10 bits per heavy atom. The molecule has 3 nitrogen and oxygen atoms in total. The van der Waals surface area contributed by atoms with E-state index in [-0.39, 0.29) is 5.97 Å². The van der Waals surface area contributed by atoms with Crippen LogP contribution in [-0.2, 0) is 9.53 Å². The first-order chi connectivity index (χ1) is 4.70. The minimum Gasteiger partial charge on any atom is -0.469 e. The van der Waals surface area contributed by atoms with Gasteiger partial charge in [-0.1, -0.05) is 0 Å². The predicted octanol–water partition coefficient (Wildman–Crippen LogP) is 1.03. The van der Waals surface area contributed by atoms with E-state index in [2.05, 4.69) is 9.73 Å². The molecule has 58 valence electrons. The number of carbonyl (C=O) groups is 1. The maximum absolute atomic E-state index is 10.6. The highest BCUT2D eigenvalue weighted by Gasteiger charge is 1.99. The van der Waals surface area contributed by atoms with Gasteiger partial charge in [-0.05, 0) is 13.3 Å². The van der Waals surface area contributed by atoms with Gasteiger partial charge in [-0.25, -0.2) is 0 Å². The summed E-state index contributed by atoms with van der Waals surface area (Å²) >= 11 is 0. The molecule has 0 unspecified atom stereocenters. The van der Waals surface area contributed by atoms with Gasteiger partial charge in [0, 0.05) is 12.8 Å². The van der Waals surface area contributed by atoms with Crippen LogP contribution in [-0.4, -0.2) is 25.8 Å². The molecule has 0 bridgehead atoms. The van der Waals surface area contributed by atoms with Gasteiger partial charge in [0.05, 0.1) is 13.5 Å². The van der Waals surface area contributed by atoms with Crippen molar-refractivity contribution in [2.75, 3.05) is 14.2 Å². The van der Waals surface area contributed by atoms with Gasteiger partial charge in [-0.3, -0.25) is 9.79 Å². The average Bonchev–Trinajstić information content (AvgIpc) is 1.99. The van der Waals surface area contributed by atoms with Gasteiger partial charge in [0.2, 0.25) is 0 Å². The van der Waals surface area contributed by atoms with Gasteiger partial charge in [0.15, 0.2) is 0 Å². The number of aliphatic imine (C=N–C) groups is 1. The molecule has 0 saturated heterocycles. The zero-order chi connectivity index (χ0) is 7.98. The molecule has 0 atom stereocenters. The van der Waals surface area contributed by atoms with Crippen molar-refractivity contribution in [3.63, 3.8) is 0 Å². The normalized spacial score (nSPS) is 11.3. The zero-order valence-corrected chi connectivity index (χ0v) is 6.68. The number of carbonyl (C=O) groups excluding carboxylic acids is 1. The molecular formula is C7H13NO2. The highest BCUT2D eigenvalue weighted by Crippen LogP contribution is 1.93. The Labute approximate surface area is 61.1 Å². The first-order valence-electron chi connectivity index (χ1n) is 3.19. The van der Waals surface area contributed by atoms with Crippen LogP contribution in [0.5, 0.6) is 0 Å². The van der Waals surface area contributed by atoms with Crippen molar-refractivity contribution in [2.24, 2.45) is 4.99 Å². The minimum atomic E-state index is -0.178. The number of esters is 1. The fraction of sp³-hybridized carbons (Fsp3) is 0.714. The lowest BCUT2D eigenvalue weighted by Crippen LogP contribution is -2.02. The van der Waals surface area contributed by atoms with Crippen LogP contribution in [0.25, 0.3) is 0 Å². The summed E-state index contributed by atoms with van der Waals surface area (Å²) in [5, 5.41) is 0. The maximum Gasteiger partial charge on any atom is 0.305 e. The molecule has 0 saturated carbocycles. The van der Waals surface area contributed by atoms with E-state index in [1.165, 1.54) is 7.11 Å². The molecule has 0 fully saturated rings. The van der Waals surface area contributed by atoms with Crippen LogP contribution in [0.1, 0.15) is 19.8 Å². The SMILES string of the molecule is CN=C(C)CCC(=O)OC.